The van der Waals surface area contributed by atoms with Crippen LogP contribution in [-0.2, 0) is 11.2 Å². The predicted molar refractivity (Wildman–Crippen MR) is 126 cm³/mol. The van der Waals surface area contributed by atoms with E-state index in [9.17, 15) is 9.59 Å². The van der Waals surface area contributed by atoms with Crippen LogP contribution in [0.15, 0.2) is 55.1 Å². The van der Waals surface area contributed by atoms with Crippen LogP contribution < -0.4 is 5.32 Å². The number of nitrogens with one attached hydrogen (secondary N) is 1. The maximum atomic E-state index is 13.4. The zero-order valence-corrected chi connectivity index (χ0v) is 19.3. The summed E-state index contributed by atoms with van der Waals surface area (Å²) in [5.41, 5.74) is 2.33. The minimum Gasteiger partial charge on any atom is -0.356 e. The van der Waals surface area contributed by atoms with Crippen LogP contribution >= 0.6 is 11.3 Å². The number of carbonyl (C=O) groups excluding carboxylic acids is 2. The van der Waals surface area contributed by atoms with Gasteiger partial charge in [0.2, 0.25) is 5.91 Å². The third kappa shape index (κ3) is 4.58. The van der Waals surface area contributed by atoms with Crippen LogP contribution in [0.25, 0.3) is 11.1 Å². The van der Waals surface area contributed by atoms with Gasteiger partial charge in [-0.05, 0) is 56.4 Å². The Labute approximate surface area is 192 Å². The van der Waals surface area contributed by atoms with Crippen molar-refractivity contribution in [3.05, 3.63) is 70.4 Å². The van der Waals surface area contributed by atoms with Gasteiger partial charge in [0.1, 0.15) is 6.33 Å². The van der Waals surface area contributed by atoms with E-state index in [4.69, 9.17) is 0 Å². The summed E-state index contributed by atoms with van der Waals surface area (Å²) in [6.07, 6.45) is 7.19. The molecular formula is C25H28N4O2S. The average molecular weight is 449 g/mol. The average Bonchev–Trinajstić information content (AvgIpc) is 3.26. The van der Waals surface area contributed by atoms with E-state index in [2.05, 4.69) is 21.4 Å². The molecule has 0 radical (unpaired) electrons. The minimum absolute atomic E-state index is 0.0129. The molecule has 7 heteroatoms. The van der Waals surface area contributed by atoms with E-state index in [1.807, 2.05) is 49.1 Å². The van der Waals surface area contributed by atoms with Crippen molar-refractivity contribution in [3.63, 3.8) is 0 Å². The van der Waals surface area contributed by atoms with Crippen LogP contribution in [-0.4, -0.2) is 46.3 Å². The number of hydrogen-bond acceptors (Lipinski definition) is 5. The Morgan fingerprint density at radius 3 is 2.66 bits per heavy atom. The maximum absolute atomic E-state index is 13.4. The summed E-state index contributed by atoms with van der Waals surface area (Å²) in [5.74, 6) is 0.0280. The van der Waals surface area contributed by atoms with Gasteiger partial charge in [-0.25, -0.2) is 9.97 Å². The number of benzene rings is 1. The Morgan fingerprint density at radius 1 is 1.16 bits per heavy atom. The molecule has 0 saturated carbocycles. The molecule has 3 aromatic rings. The van der Waals surface area contributed by atoms with Gasteiger partial charge in [0, 0.05) is 42.5 Å². The number of piperidine rings is 1. The predicted octanol–water partition coefficient (Wildman–Crippen LogP) is 4.11. The van der Waals surface area contributed by atoms with Crippen LogP contribution in [0.1, 0.15) is 39.9 Å². The van der Waals surface area contributed by atoms with Gasteiger partial charge in [0.05, 0.1) is 10.3 Å². The molecule has 0 unspecified atom stereocenters. The molecule has 0 bridgehead atoms. The summed E-state index contributed by atoms with van der Waals surface area (Å²) in [6.45, 7) is 5.58. The largest absolute Gasteiger partial charge is 0.356 e. The minimum atomic E-state index is -0.679. The van der Waals surface area contributed by atoms with Gasteiger partial charge in [-0.3, -0.25) is 9.59 Å². The van der Waals surface area contributed by atoms with E-state index in [0.717, 1.165) is 39.3 Å². The summed E-state index contributed by atoms with van der Waals surface area (Å²) in [7, 11) is 0. The maximum Gasteiger partial charge on any atom is 0.263 e. The highest BCUT2D eigenvalue weighted by Gasteiger charge is 2.44. The third-order valence-corrected chi connectivity index (χ3v) is 7.04. The van der Waals surface area contributed by atoms with E-state index in [1.165, 1.54) is 17.7 Å². The molecule has 1 N–H and O–H groups in total. The molecule has 32 heavy (non-hydrogen) atoms. The smallest absolute Gasteiger partial charge is 0.263 e. The fourth-order valence-electron chi connectivity index (χ4n) is 4.53. The molecule has 2 amide bonds. The van der Waals surface area contributed by atoms with E-state index < -0.39 is 5.41 Å². The Bertz CT molecular complexity index is 1100. The van der Waals surface area contributed by atoms with Crippen molar-refractivity contribution >= 4 is 23.2 Å². The first kappa shape index (κ1) is 22.1. The first-order valence-electron chi connectivity index (χ1n) is 11.0. The van der Waals surface area contributed by atoms with Crippen molar-refractivity contribution in [2.45, 2.75) is 33.1 Å². The topological polar surface area (TPSA) is 75.2 Å². The van der Waals surface area contributed by atoms with Gasteiger partial charge in [-0.2, -0.15) is 0 Å². The highest BCUT2D eigenvalue weighted by molar-refractivity contribution is 7.13. The number of aryl methyl sites for hydroxylation is 1. The summed E-state index contributed by atoms with van der Waals surface area (Å²) < 4.78 is 0. The molecule has 1 atom stereocenters. The molecule has 1 aromatic carbocycles. The monoisotopic (exact) mass is 448 g/mol. The van der Waals surface area contributed by atoms with Crippen LogP contribution in [0, 0.1) is 12.3 Å². The molecule has 1 fully saturated rings. The number of thiophene rings is 1. The molecule has 2 aromatic heterocycles. The Hall–Kier alpha value is -3.06. The SMILES string of the molecule is CCNC(=O)[C@]1(Cc2ccccc2-c2cncnc2)CCCN(C(=O)c2ccc(C)s2)C1. The quantitative estimate of drug-likeness (QED) is 0.616. The molecule has 1 aliphatic rings. The lowest BCUT2D eigenvalue weighted by molar-refractivity contribution is -0.133. The van der Waals surface area contributed by atoms with Crippen molar-refractivity contribution in [1.82, 2.24) is 20.2 Å². The van der Waals surface area contributed by atoms with Gasteiger partial charge < -0.3 is 10.2 Å². The second-order valence-corrected chi connectivity index (χ2v) is 9.63. The number of likely N-dealkylation sites (tertiary alicyclic amines) is 1. The number of rotatable bonds is 6. The van der Waals surface area contributed by atoms with Crippen LogP contribution in [0.2, 0.25) is 0 Å². The second-order valence-electron chi connectivity index (χ2n) is 8.34. The van der Waals surface area contributed by atoms with E-state index in [1.54, 1.807) is 12.4 Å². The normalized spacial score (nSPS) is 18.4. The number of amides is 2. The van der Waals surface area contributed by atoms with Crippen LogP contribution in [0.3, 0.4) is 0 Å². The van der Waals surface area contributed by atoms with Gasteiger partial charge in [-0.15, -0.1) is 11.3 Å². The lowest BCUT2D eigenvalue weighted by Crippen LogP contribution is -2.54. The van der Waals surface area contributed by atoms with Gasteiger partial charge >= 0.3 is 0 Å². The second kappa shape index (κ2) is 9.61. The molecular weight excluding hydrogens is 420 g/mol. The van der Waals surface area contributed by atoms with Crippen molar-refractivity contribution < 1.29 is 9.59 Å². The highest BCUT2D eigenvalue weighted by atomic mass is 32.1. The summed E-state index contributed by atoms with van der Waals surface area (Å²) in [6, 6.07) is 11.9. The van der Waals surface area contributed by atoms with Gasteiger partial charge in [0.15, 0.2) is 0 Å². The first-order valence-corrected chi connectivity index (χ1v) is 11.8. The summed E-state index contributed by atoms with van der Waals surface area (Å²) in [4.78, 5) is 38.6. The van der Waals surface area contributed by atoms with Crippen molar-refractivity contribution in [2.75, 3.05) is 19.6 Å². The molecule has 166 valence electrons. The van der Waals surface area contributed by atoms with Crippen LogP contribution in [0.5, 0.6) is 0 Å². The Kier molecular flexibility index (Phi) is 6.65. The zero-order chi connectivity index (χ0) is 22.6. The number of aromatic nitrogens is 2. The van der Waals surface area contributed by atoms with Crippen LogP contribution in [0.4, 0.5) is 0 Å². The standard InChI is InChI=1S/C25H28N4O2S/c1-3-28-24(31)25(11-6-12-29(16-25)23(30)22-10-9-18(2)32-22)13-19-7-4-5-8-21(19)20-14-26-17-27-15-20/h4-5,7-10,14-15,17H,3,6,11-13,16H2,1-2H3,(H,28,31)/t25-/m0/s1. The summed E-state index contributed by atoms with van der Waals surface area (Å²) >= 11 is 1.51. The Morgan fingerprint density at radius 2 is 1.94 bits per heavy atom. The third-order valence-electron chi connectivity index (χ3n) is 6.05. The van der Waals surface area contributed by atoms with Crippen molar-refractivity contribution in [2.24, 2.45) is 5.41 Å². The lowest BCUT2D eigenvalue weighted by Gasteiger charge is -2.42. The lowest BCUT2D eigenvalue weighted by atomic mass is 9.73. The molecule has 1 saturated heterocycles. The van der Waals surface area contributed by atoms with Crippen molar-refractivity contribution in [1.29, 1.82) is 0 Å². The van der Waals surface area contributed by atoms with E-state index >= 15 is 0 Å². The molecule has 4 rings (SSSR count). The van der Waals surface area contributed by atoms with Crippen molar-refractivity contribution in [3.8, 4) is 11.1 Å². The number of carbonyl (C=O) groups is 2. The van der Waals surface area contributed by atoms with Gasteiger partial charge in [0.25, 0.3) is 5.91 Å². The molecule has 1 aliphatic heterocycles. The fourth-order valence-corrected chi connectivity index (χ4v) is 5.36. The highest BCUT2D eigenvalue weighted by Crippen LogP contribution is 2.37. The summed E-state index contributed by atoms with van der Waals surface area (Å²) in [5, 5.41) is 3.04. The van der Waals surface area contributed by atoms with E-state index in [0.29, 0.717) is 26.1 Å². The zero-order valence-electron chi connectivity index (χ0n) is 18.5. The number of hydrogen-bond donors (Lipinski definition) is 1. The molecule has 0 aliphatic carbocycles. The van der Waals surface area contributed by atoms with E-state index in [-0.39, 0.29) is 11.8 Å². The molecule has 0 spiro atoms. The molecule has 6 nitrogen and oxygen atoms in total. The van der Waals surface area contributed by atoms with Gasteiger partial charge in [-0.1, -0.05) is 24.3 Å². The Balaban J connectivity index is 1.67. The number of nitrogens with zero attached hydrogens (tertiary/aromatic N) is 3. The fraction of sp³-hybridized carbons (Fsp3) is 0.360. The molecule has 3 heterocycles. The first-order chi connectivity index (χ1) is 15.5.